The van der Waals surface area contributed by atoms with Crippen LogP contribution in [0.25, 0.3) is 0 Å². The number of hydrogen-bond donors (Lipinski definition) is 0. The fraction of sp³-hybridized carbons (Fsp3) is 0.706. The molecule has 0 bridgehead atoms. The zero-order chi connectivity index (χ0) is 17.3. The summed E-state index contributed by atoms with van der Waals surface area (Å²) in [6.45, 7) is 5.49. The van der Waals surface area contributed by atoms with E-state index in [0.29, 0.717) is 25.4 Å². The number of piperidine rings is 1. The number of carbonyl (C=O) groups is 1. The van der Waals surface area contributed by atoms with Gasteiger partial charge in [-0.15, -0.1) is 0 Å². The minimum Gasteiger partial charge on any atom is -0.455 e. The van der Waals surface area contributed by atoms with Crippen LogP contribution in [-0.4, -0.2) is 49.2 Å². The average Bonchev–Trinajstić information content (AvgIpc) is 3.24. The highest BCUT2D eigenvalue weighted by molar-refractivity contribution is 7.89. The van der Waals surface area contributed by atoms with Crippen LogP contribution in [0.15, 0.2) is 15.4 Å². The standard InChI is InChI=1S/C17H26N2O4S/c1-3-14-8-4-5-11-19(14)17(20)15-12-16(13(2)23-15)24(21,22)18-9-6-7-10-18/h12,14H,3-11H2,1-2H3. The molecule has 0 N–H and O–H groups in total. The third-order valence-electron chi connectivity index (χ3n) is 5.13. The van der Waals surface area contributed by atoms with Gasteiger partial charge < -0.3 is 9.32 Å². The normalized spacial score (nSPS) is 22.9. The molecule has 0 radical (unpaired) electrons. The van der Waals surface area contributed by atoms with Gasteiger partial charge in [-0.3, -0.25) is 4.79 Å². The molecule has 1 unspecified atom stereocenters. The molecule has 2 aliphatic heterocycles. The van der Waals surface area contributed by atoms with Gasteiger partial charge in [-0.2, -0.15) is 4.31 Å². The molecular formula is C17H26N2O4S. The minimum absolute atomic E-state index is 0.137. The summed E-state index contributed by atoms with van der Waals surface area (Å²) in [4.78, 5) is 14.8. The van der Waals surface area contributed by atoms with E-state index in [1.807, 2.05) is 4.90 Å². The van der Waals surface area contributed by atoms with Gasteiger partial charge in [-0.1, -0.05) is 6.92 Å². The molecule has 3 heterocycles. The first-order chi connectivity index (χ1) is 11.4. The Hall–Kier alpha value is -1.34. The minimum atomic E-state index is -3.56. The first-order valence-corrected chi connectivity index (χ1v) is 10.3. The highest BCUT2D eigenvalue weighted by atomic mass is 32.2. The summed E-state index contributed by atoms with van der Waals surface area (Å²) in [6.07, 6.45) is 5.79. The van der Waals surface area contributed by atoms with E-state index in [0.717, 1.165) is 38.5 Å². The third-order valence-corrected chi connectivity index (χ3v) is 7.13. The molecule has 3 rings (SSSR count). The molecule has 0 aromatic carbocycles. The maximum atomic E-state index is 12.8. The monoisotopic (exact) mass is 354 g/mol. The number of carbonyl (C=O) groups excluding carboxylic acids is 1. The van der Waals surface area contributed by atoms with Crippen molar-refractivity contribution in [3.8, 4) is 0 Å². The number of likely N-dealkylation sites (tertiary alicyclic amines) is 1. The highest BCUT2D eigenvalue weighted by Gasteiger charge is 2.34. The van der Waals surface area contributed by atoms with Crippen LogP contribution in [0.5, 0.6) is 0 Å². The second-order valence-electron chi connectivity index (χ2n) is 6.70. The molecule has 0 aliphatic carbocycles. The van der Waals surface area contributed by atoms with Crippen LogP contribution in [0.3, 0.4) is 0 Å². The Morgan fingerprint density at radius 2 is 1.88 bits per heavy atom. The van der Waals surface area contributed by atoms with E-state index >= 15 is 0 Å². The molecule has 1 aromatic rings. The van der Waals surface area contributed by atoms with Gasteiger partial charge in [0.2, 0.25) is 10.0 Å². The summed E-state index contributed by atoms with van der Waals surface area (Å²) in [5.74, 6) is 0.258. The van der Waals surface area contributed by atoms with Gasteiger partial charge in [0.25, 0.3) is 5.91 Å². The Morgan fingerprint density at radius 3 is 2.54 bits per heavy atom. The highest BCUT2D eigenvalue weighted by Crippen LogP contribution is 2.28. The molecule has 134 valence electrons. The topological polar surface area (TPSA) is 70.8 Å². The largest absolute Gasteiger partial charge is 0.455 e. The lowest BCUT2D eigenvalue weighted by atomic mass is 10.00. The van der Waals surface area contributed by atoms with E-state index in [9.17, 15) is 13.2 Å². The number of amides is 1. The predicted molar refractivity (Wildman–Crippen MR) is 90.4 cm³/mol. The summed E-state index contributed by atoms with van der Waals surface area (Å²) in [6, 6.07) is 1.64. The van der Waals surface area contributed by atoms with Crippen LogP contribution >= 0.6 is 0 Å². The molecule has 1 aromatic heterocycles. The molecule has 6 nitrogen and oxygen atoms in total. The van der Waals surface area contributed by atoms with Crippen LogP contribution in [0.2, 0.25) is 0 Å². The first kappa shape index (κ1) is 17.5. The van der Waals surface area contributed by atoms with Gasteiger partial charge in [0.15, 0.2) is 5.76 Å². The summed E-state index contributed by atoms with van der Waals surface area (Å²) < 4.78 is 32.5. The van der Waals surface area contributed by atoms with Gasteiger partial charge in [-0.25, -0.2) is 8.42 Å². The predicted octanol–water partition coefficient (Wildman–Crippen LogP) is 2.78. The van der Waals surface area contributed by atoms with Crippen LogP contribution in [0.1, 0.15) is 61.8 Å². The lowest BCUT2D eigenvalue weighted by molar-refractivity contribution is 0.0574. The molecule has 1 atom stereocenters. The fourth-order valence-corrected chi connectivity index (χ4v) is 5.41. The van der Waals surface area contributed by atoms with Crippen molar-refractivity contribution < 1.29 is 17.6 Å². The third kappa shape index (κ3) is 3.11. The van der Waals surface area contributed by atoms with Crippen LogP contribution in [0, 0.1) is 6.92 Å². The zero-order valence-electron chi connectivity index (χ0n) is 14.5. The van der Waals surface area contributed by atoms with Crippen molar-refractivity contribution in [2.24, 2.45) is 0 Å². The van der Waals surface area contributed by atoms with Crippen LogP contribution < -0.4 is 0 Å². The molecule has 2 saturated heterocycles. The van der Waals surface area contributed by atoms with Crippen molar-refractivity contribution in [1.82, 2.24) is 9.21 Å². The Morgan fingerprint density at radius 1 is 1.21 bits per heavy atom. The number of rotatable bonds is 4. The van der Waals surface area contributed by atoms with Crippen molar-refractivity contribution in [1.29, 1.82) is 0 Å². The first-order valence-electron chi connectivity index (χ1n) is 8.86. The Balaban J connectivity index is 1.87. The summed E-state index contributed by atoms with van der Waals surface area (Å²) in [7, 11) is -3.56. The van der Waals surface area contributed by atoms with Crippen molar-refractivity contribution >= 4 is 15.9 Å². The average molecular weight is 354 g/mol. The second-order valence-corrected chi connectivity index (χ2v) is 8.61. The van der Waals surface area contributed by atoms with E-state index in [2.05, 4.69) is 6.92 Å². The molecule has 1 amide bonds. The zero-order valence-corrected chi connectivity index (χ0v) is 15.3. The van der Waals surface area contributed by atoms with Gasteiger partial charge in [0.05, 0.1) is 0 Å². The smallest absolute Gasteiger partial charge is 0.289 e. The molecule has 0 saturated carbocycles. The molecular weight excluding hydrogens is 328 g/mol. The number of furan rings is 1. The van der Waals surface area contributed by atoms with E-state index < -0.39 is 10.0 Å². The maximum Gasteiger partial charge on any atom is 0.289 e. The number of sulfonamides is 1. The molecule has 2 fully saturated rings. The van der Waals surface area contributed by atoms with Gasteiger partial charge >= 0.3 is 0 Å². The van der Waals surface area contributed by atoms with Crippen molar-refractivity contribution in [3.63, 3.8) is 0 Å². The van der Waals surface area contributed by atoms with E-state index in [1.165, 1.54) is 10.4 Å². The molecule has 2 aliphatic rings. The van der Waals surface area contributed by atoms with E-state index in [4.69, 9.17) is 4.42 Å². The lowest BCUT2D eigenvalue weighted by Gasteiger charge is -2.34. The Kier molecular flexibility index (Phi) is 5.01. The summed E-state index contributed by atoms with van der Waals surface area (Å²) in [5, 5.41) is 0. The van der Waals surface area contributed by atoms with Crippen molar-refractivity contribution in [3.05, 3.63) is 17.6 Å². The Bertz CT molecular complexity index is 704. The Labute approximate surface area is 143 Å². The molecule has 24 heavy (non-hydrogen) atoms. The second kappa shape index (κ2) is 6.88. The fourth-order valence-electron chi connectivity index (χ4n) is 3.73. The van der Waals surface area contributed by atoms with E-state index in [1.54, 1.807) is 6.92 Å². The van der Waals surface area contributed by atoms with Gasteiger partial charge in [0.1, 0.15) is 10.7 Å². The van der Waals surface area contributed by atoms with Crippen LogP contribution in [0.4, 0.5) is 0 Å². The number of hydrogen-bond acceptors (Lipinski definition) is 4. The molecule has 7 heteroatoms. The van der Waals surface area contributed by atoms with Crippen LogP contribution in [-0.2, 0) is 10.0 Å². The number of nitrogens with zero attached hydrogens (tertiary/aromatic N) is 2. The van der Waals surface area contributed by atoms with Crippen molar-refractivity contribution in [2.45, 2.75) is 63.3 Å². The quantitative estimate of drug-likeness (QED) is 0.833. The van der Waals surface area contributed by atoms with Crippen molar-refractivity contribution in [2.75, 3.05) is 19.6 Å². The maximum absolute atomic E-state index is 12.8. The summed E-state index contributed by atoms with van der Waals surface area (Å²) in [5.41, 5.74) is 0. The van der Waals surface area contributed by atoms with Gasteiger partial charge in [-0.05, 0) is 45.4 Å². The van der Waals surface area contributed by atoms with E-state index in [-0.39, 0.29) is 22.6 Å². The van der Waals surface area contributed by atoms with Gasteiger partial charge in [0, 0.05) is 31.7 Å². The summed E-state index contributed by atoms with van der Waals surface area (Å²) >= 11 is 0. The lowest BCUT2D eigenvalue weighted by Crippen LogP contribution is -2.43. The molecule has 0 spiro atoms. The number of aryl methyl sites for hydroxylation is 1. The SMILES string of the molecule is CCC1CCCCN1C(=O)c1cc(S(=O)(=O)N2CCCC2)c(C)o1.